The fourth-order valence-corrected chi connectivity index (χ4v) is 2.53. The Bertz CT molecular complexity index is 794. The van der Waals surface area contributed by atoms with Crippen LogP contribution in [-0.2, 0) is 4.79 Å². The summed E-state index contributed by atoms with van der Waals surface area (Å²) in [7, 11) is 0. The highest BCUT2D eigenvalue weighted by atomic mass is 35.5. The molecule has 0 spiro atoms. The summed E-state index contributed by atoms with van der Waals surface area (Å²) < 4.78 is 0. The second kappa shape index (κ2) is 7.81. The maximum Gasteiger partial charge on any atom is 0.266 e. The Morgan fingerprint density at radius 3 is 2.42 bits per heavy atom. The van der Waals surface area contributed by atoms with Gasteiger partial charge in [0.05, 0.1) is 10.7 Å². The molecular formula is C20H19ClN2O. The Labute approximate surface area is 147 Å². The largest absolute Gasteiger partial charge is 0.320 e. The molecule has 1 amide bonds. The third-order valence-corrected chi connectivity index (χ3v) is 4.05. The number of anilines is 1. The van der Waals surface area contributed by atoms with E-state index in [1.807, 2.05) is 49.4 Å². The lowest BCUT2D eigenvalue weighted by atomic mass is 10.0. The second-order valence-electron chi connectivity index (χ2n) is 5.88. The van der Waals surface area contributed by atoms with Crippen LogP contribution >= 0.6 is 11.6 Å². The van der Waals surface area contributed by atoms with E-state index in [1.165, 1.54) is 5.56 Å². The maximum atomic E-state index is 12.4. The average molecular weight is 339 g/mol. The third-order valence-electron chi connectivity index (χ3n) is 3.74. The van der Waals surface area contributed by atoms with Crippen molar-refractivity contribution in [2.24, 2.45) is 0 Å². The first kappa shape index (κ1) is 17.8. The summed E-state index contributed by atoms with van der Waals surface area (Å²) in [5.74, 6) is -0.0356. The minimum Gasteiger partial charge on any atom is -0.320 e. The highest BCUT2D eigenvalue weighted by molar-refractivity contribution is 6.34. The summed E-state index contributed by atoms with van der Waals surface area (Å²) in [6, 6.07) is 15.1. The molecule has 0 radical (unpaired) electrons. The van der Waals surface area contributed by atoms with E-state index in [0.717, 1.165) is 11.1 Å². The molecule has 0 bridgehead atoms. The molecule has 122 valence electrons. The number of aryl methyl sites for hydroxylation is 1. The summed E-state index contributed by atoms with van der Waals surface area (Å²) in [4.78, 5) is 12.4. The van der Waals surface area contributed by atoms with Gasteiger partial charge in [-0.25, -0.2) is 0 Å². The average Bonchev–Trinajstić information content (AvgIpc) is 2.56. The molecule has 4 heteroatoms. The highest BCUT2D eigenvalue weighted by Gasteiger charge is 2.13. The van der Waals surface area contributed by atoms with E-state index in [1.54, 1.807) is 12.1 Å². The lowest BCUT2D eigenvalue weighted by Gasteiger charge is -2.10. The van der Waals surface area contributed by atoms with Gasteiger partial charge in [-0.2, -0.15) is 5.26 Å². The Kier molecular flexibility index (Phi) is 5.78. The van der Waals surface area contributed by atoms with E-state index in [2.05, 4.69) is 19.2 Å². The molecule has 2 rings (SSSR count). The summed E-state index contributed by atoms with van der Waals surface area (Å²) in [5.41, 5.74) is 3.42. The zero-order valence-corrected chi connectivity index (χ0v) is 14.7. The van der Waals surface area contributed by atoms with Crippen molar-refractivity contribution in [2.75, 3.05) is 5.32 Å². The molecule has 3 nitrogen and oxygen atoms in total. The molecular weight excluding hydrogens is 320 g/mol. The van der Waals surface area contributed by atoms with Crippen molar-refractivity contribution in [3.05, 3.63) is 69.8 Å². The number of nitriles is 1. The van der Waals surface area contributed by atoms with Gasteiger partial charge in [-0.05, 0) is 41.7 Å². The number of nitrogens with one attached hydrogen (secondary N) is 1. The second-order valence-corrected chi connectivity index (χ2v) is 6.28. The summed E-state index contributed by atoms with van der Waals surface area (Å²) >= 11 is 6.11. The van der Waals surface area contributed by atoms with Crippen molar-refractivity contribution in [1.29, 1.82) is 5.26 Å². The molecule has 24 heavy (non-hydrogen) atoms. The molecule has 0 aliphatic rings. The van der Waals surface area contributed by atoms with Crippen LogP contribution < -0.4 is 5.32 Å². The molecule has 0 saturated carbocycles. The van der Waals surface area contributed by atoms with Crippen molar-refractivity contribution in [1.82, 2.24) is 0 Å². The van der Waals surface area contributed by atoms with E-state index in [0.29, 0.717) is 16.6 Å². The van der Waals surface area contributed by atoms with E-state index in [9.17, 15) is 10.1 Å². The minimum atomic E-state index is -0.471. The Hall–Kier alpha value is -2.57. The maximum absolute atomic E-state index is 12.4. The quantitative estimate of drug-likeness (QED) is 0.606. The minimum absolute atomic E-state index is 0.0339. The van der Waals surface area contributed by atoms with Gasteiger partial charge >= 0.3 is 0 Å². The number of hydrogen-bond acceptors (Lipinski definition) is 2. The number of para-hydroxylation sites is 1. The summed E-state index contributed by atoms with van der Waals surface area (Å²) in [5, 5.41) is 12.5. The molecule has 0 saturated heterocycles. The van der Waals surface area contributed by atoms with Gasteiger partial charge in [0.15, 0.2) is 0 Å². The van der Waals surface area contributed by atoms with Crippen LogP contribution in [0.4, 0.5) is 5.69 Å². The van der Waals surface area contributed by atoms with Crippen LogP contribution in [0.15, 0.2) is 48.0 Å². The first-order chi connectivity index (χ1) is 11.4. The zero-order chi connectivity index (χ0) is 17.7. The van der Waals surface area contributed by atoms with Crippen molar-refractivity contribution in [3.8, 4) is 6.07 Å². The van der Waals surface area contributed by atoms with E-state index >= 15 is 0 Å². The fourth-order valence-electron chi connectivity index (χ4n) is 2.26. The molecule has 0 heterocycles. The number of hydrogen-bond donors (Lipinski definition) is 1. The van der Waals surface area contributed by atoms with Gasteiger partial charge < -0.3 is 5.32 Å². The van der Waals surface area contributed by atoms with Crippen LogP contribution in [0.3, 0.4) is 0 Å². The molecule has 0 aromatic heterocycles. The van der Waals surface area contributed by atoms with Crippen LogP contribution in [0, 0.1) is 18.3 Å². The van der Waals surface area contributed by atoms with Crippen LogP contribution in [0.5, 0.6) is 0 Å². The Morgan fingerprint density at radius 1 is 1.21 bits per heavy atom. The van der Waals surface area contributed by atoms with Crippen LogP contribution in [-0.4, -0.2) is 5.91 Å². The van der Waals surface area contributed by atoms with Gasteiger partial charge in [-0.3, -0.25) is 4.79 Å². The highest BCUT2D eigenvalue weighted by Crippen LogP contribution is 2.26. The van der Waals surface area contributed by atoms with Gasteiger partial charge in [0.1, 0.15) is 11.6 Å². The molecule has 2 aromatic rings. The summed E-state index contributed by atoms with van der Waals surface area (Å²) in [6.45, 7) is 6.08. The zero-order valence-electron chi connectivity index (χ0n) is 13.9. The first-order valence-electron chi connectivity index (χ1n) is 7.70. The van der Waals surface area contributed by atoms with Crippen molar-refractivity contribution in [3.63, 3.8) is 0 Å². The Morgan fingerprint density at radius 2 is 1.88 bits per heavy atom. The van der Waals surface area contributed by atoms with Crippen molar-refractivity contribution in [2.45, 2.75) is 26.7 Å². The summed E-state index contributed by atoms with van der Waals surface area (Å²) in [6.07, 6.45) is 1.58. The van der Waals surface area contributed by atoms with Crippen LogP contribution in [0.25, 0.3) is 6.08 Å². The molecule has 0 unspecified atom stereocenters. The lowest BCUT2D eigenvalue weighted by Crippen LogP contribution is -2.14. The monoisotopic (exact) mass is 338 g/mol. The Balaban J connectivity index is 2.24. The predicted octanol–water partition coefficient (Wildman–Crippen LogP) is 5.32. The molecule has 0 fully saturated rings. The van der Waals surface area contributed by atoms with Crippen LogP contribution in [0.2, 0.25) is 5.02 Å². The molecule has 0 aliphatic carbocycles. The van der Waals surface area contributed by atoms with Gasteiger partial charge in [-0.15, -0.1) is 0 Å². The molecule has 0 aliphatic heterocycles. The number of halogens is 1. The standard InChI is InChI=1S/C20H19ClN2O/c1-13(2)16-9-7-15(8-10-16)11-17(12-22)20(24)23-19-14(3)5-4-6-18(19)21/h4-11,13H,1-3H3,(H,23,24)/b17-11+. The number of carbonyl (C=O) groups excluding carboxylic acids is 1. The topological polar surface area (TPSA) is 52.9 Å². The van der Waals surface area contributed by atoms with E-state index in [-0.39, 0.29) is 5.57 Å². The SMILES string of the molecule is Cc1cccc(Cl)c1NC(=O)/C(C#N)=C/c1ccc(C(C)C)cc1. The normalized spacial score (nSPS) is 11.2. The molecule has 1 N–H and O–H groups in total. The van der Waals surface area contributed by atoms with Gasteiger partial charge in [-0.1, -0.05) is 61.8 Å². The number of rotatable bonds is 4. The lowest BCUT2D eigenvalue weighted by molar-refractivity contribution is -0.112. The molecule has 2 aromatic carbocycles. The predicted molar refractivity (Wildman–Crippen MR) is 98.9 cm³/mol. The molecule has 0 atom stereocenters. The first-order valence-corrected chi connectivity index (χ1v) is 8.08. The van der Waals surface area contributed by atoms with Gasteiger partial charge in [0, 0.05) is 0 Å². The number of benzene rings is 2. The number of carbonyl (C=O) groups is 1. The van der Waals surface area contributed by atoms with Crippen molar-refractivity contribution < 1.29 is 4.79 Å². The smallest absolute Gasteiger partial charge is 0.266 e. The van der Waals surface area contributed by atoms with Crippen LogP contribution in [0.1, 0.15) is 36.5 Å². The van der Waals surface area contributed by atoms with Crippen molar-refractivity contribution >= 4 is 29.3 Å². The van der Waals surface area contributed by atoms with E-state index in [4.69, 9.17) is 11.6 Å². The third kappa shape index (κ3) is 4.24. The van der Waals surface area contributed by atoms with Gasteiger partial charge in [0.25, 0.3) is 5.91 Å². The fraction of sp³-hybridized carbons (Fsp3) is 0.200. The number of nitrogens with zero attached hydrogens (tertiary/aromatic N) is 1. The van der Waals surface area contributed by atoms with E-state index < -0.39 is 5.91 Å². The number of amides is 1. The van der Waals surface area contributed by atoms with Gasteiger partial charge in [0.2, 0.25) is 0 Å².